The SMILES string of the molecule is C=CCC[C@H](O)C[Se]c1ccccc1. The fourth-order valence-corrected chi connectivity index (χ4v) is 2.99. The van der Waals surface area contributed by atoms with Crippen molar-refractivity contribution in [3.63, 3.8) is 0 Å². The van der Waals surface area contributed by atoms with Crippen LogP contribution in [-0.2, 0) is 0 Å². The molecular formula is C12H16OSe. The van der Waals surface area contributed by atoms with Crippen molar-refractivity contribution in [2.45, 2.75) is 24.3 Å². The summed E-state index contributed by atoms with van der Waals surface area (Å²) in [5.41, 5.74) is 0. The first kappa shape index (κ1) is 11.5. The summed E-state index contributed by atoms with van der Waals surface area (Å²) in [5.74, 6) is 0. The van der Waals surface area contributed by atoms with E-state index in [2.05, 4.69) is 18.7 Å². The standard InChI is InChI=1S/C12H16OSe/c1-2-3-7-11(13)10-14-12-8-5-4-6-9-12/h2,4-6,8-9,11,13H,1,3,7,10H2/t11-/m0/s1. The number of allylic oxidation sites excluding steroid dienone is 1. The summed E-state index contributed by atoms with van der Waals surface area (Å²) < 4.78 is 1.36. The second-order valence-corrected chi connectivity index (χ2v) is 5.44. The van der Waals surface area contributed by atoms with Gasteiger partial charge in [-0.25, -0.2) is 0 Å². The average Bonchev–Trinajstić information content (AvgIpc) is 2.25. The number of rotatable bonds is 6. The third-order valence-corrected chi connectivity index (χ3v) is 4.32. The molecule has 1 N–H and O–H groups in total. The number of hydrogen-bond donors (Lipinski definition) is 1. The quantitative estimate of drug-likeness (QED) is 0.606. The molecule has 0 heterocycles. The van der Waals surface area contributed by atoms with Crippen LogP contribution in [-0.4, -0.2) is 26.2 Å². The molecular weight excluding hydrogens is 239 g/mol. The molecule has 1 rings (SSSR count). The van der Waals surface area contributed by atoms with Gasteiger partial charge in [0.15, 0.2) is 0 Å². The second-order valence-electron chi connectivity index (χ2n) is 3.14. The molecule has 0 saturated heterocycles. The summed E-state index contributed by atoms with van der Waals surface area (Å²) >= 11 is 0.405. The van der Waals surface area contributed by atoms with Gasteiger partial charge in [0.1, 0.15) is 0 Å². The van der Waals surface area contributed by atoms with Crippen molar-refractivity contribution in [3.8, 4) is 0 Å². The Balaban J connectivity index is 2.23. The monoisotopic (exact) mass is 256 g/mol. The van der Waals surface area contributed by atoms with Crippen LogP contribution in [0.25, 0.3) is 0 Å². The predicted octanol–water partition coefficient (Wildman–Crippen LogP) is 1.76. The van der Waals surface area contributed by atoms with Gasteiger partial charge in [-0.15, -0.1) is 0 Å². The summed E-state index contributed by atoms with van der Waals surface area (Å²) in [6.45, 7) is 3.64. The van der Waals surface area contributed by atoms with Gasteiger partial charge in [0.25, 0.3) is 0 Å². The molecule has 0 aromatic heterocycles. The van der Waals surface area contributed by atoms with E-state index in [9.17, 15) is 5.11 Å². The van der Waals surface area contributed by atoms with E-state index >= 15 is 0 Å². The molecule has 1 aromatic rings. The van der Waals surface area contributed by atoms with Crippen molar-refractivity contribution in [1.29, 1.82) is 0 Å². The molecule has 0 saturated carbocycles. The van der Waals surface area contributed by atoms with Crippen molar-refractivity contribution in [1.82, 2.24) is 0 Å². The normalized spacial score (nSPS) is 12.4. The van der Waals surface area contributed by atoms with E-state index in [1.165, 1.54) is 4.46 Å². The van der Waals surface area contributed by atoms with E-state index in [1.54, 1.807) is 0 Å². The van der Waals surface area contributed by atoms with Crippen LogP contribution in [0.3, 0.4) is 0 Å². The number of benzene rings is 1. The molecule has 0 aliphatic heterocycles. The van der Waals surface area contributed by atoms with Gasteiger partial charge >= 0.3 is 91.8 Å². The molecule has 1 aromatic carbocycles. The predicted molar refractivity (Wildman–Crippen MR) is 62.1 cm³/mol. The van der Waals surface area contributed by atoms with E-state index in [-0.39, 0.29) is 6.10 Å². The number of aliphatic hydroxyl groups excluding tert-OH is 1. The number of hydrogen-bond acceptors (Lipinski definition) is 1. The second kappa shape index (κ2) is 6.83. The molecule has 1 atom stereocenters. The van der Waals surface area contributed by atoms with E-state index in [4.69, 9.17) is 0 Å². The molecule has 0 aliphatic carbocycles. The molecule has 0 fully saturated rings. The van der Waals surface area contributed by atoms with Gasteiger partial charge in [-0.2, -0.15) is 0 Å². The van der Waals surface area contributed by atoms with Crippen molar-refractivity contribution >= 4 is 19.4 Å². The first-order chi connectivity index (χ1) is 6.83. The van der Waals surface area contributed by atoms with Crippen LogP contribution in [0.1, 0.15) is 12.8 Å². The van der Waals surface area contributed by atoms with Crippen LogP contribution in [0.15, 0.2) is 43.0 Å². The zero-order valence-electron chi connectivity index (χ0n) is 8.23. The fraction of sp³-hybridized carbons (Fsp3) is 0.333. The summed E-state index contributed by atoms with van der Waals surface area (Å²) in [5, 5.41) is 10.5. The van der Waals surface area contributed by atoms with Gasteiger partial charge in [-0.1, -0.05) is 0 Å². The summed E-state index contributed by atoms with van der Waals surface area (Å²) in [7, 11) is 0. The van der Waals surface area contributed by atoms with Crippen LogP contribution in [0.2, 0.25) is 5.32 Å². The maximum absolute atomic E-state index is 9.61. The maximum atomic E-state index is 9.61. The summed E-state index contributed by atoms with van der Waals surface area (Å²) in [6.07, 6.45) is 3.45. The Labute approximate surface area is 92.0 Å². The van der Waals surface area contributed by atoms with Gasteiger partial charge in [-0.05, 0) is 0 Å². The molecule has 76 valence electrons. The zero-order chi connectivity index (χ0) is 10.2. The van der Waals surface area contributed by atoms with Crippen molar-refractivity contribution in [2.24, 2.45) is 0 Å². The van der Waals surface area contributed by atoms with Crippen LogP contribution in [0.5, 0.6) is 0 Å². The average molecular weight is 255 g/mol. The van der Waals surface area contributed by atoms with E-state index in [1.807, 2.05) is 24.3 Å². The Hall–Kier alpha value is -0.561. The topological polar surface area (TPSA) is 20.2 Å². The third kappa shape index (κ3) is 4.61. The van der Waals surface area contributed by atoms with E-state index < -0.39 is 0 Å². The Morgan fingerprint density at radius 1 is 1.36 bits per heavy atom. The minimum atomic E-state index is -0.159. The van der Waals surface area contributed by atoms with Crippen molar-refractivity contribution < 1.29 is 5.11 Å². The molecule has 0 radical (unpaired) electrons. The molecule has 1 nitrogen and oxygen atoms in total. The fourth-order valence-electron chi connectivity index (χ4n) is 1.10. The zero-order valence-corrected chi connectivity index (χ0v) is 9.94. The molecule has 0 amide bonds. The van der Waals surface area contributed by atoms with Gasteiger partial charge in [0, 0.05) is 0 Å². The van der Waals surface area contributed by atoms with Crippen molar-refractivity contribution in [3.05, 3.63) is 43.0 Å². The van der Waals surface area contributed by atoms with E-state index in [0.717, 1.165) is 18.2 Å². The Morgan fingerprint density at radius 3 is 2.71 bits per heavy atom. The molecule has 2 heteroatoms. The van der Waals surface area contributed by atoms with Gasteiger partial charge < -0.3 is 0 Å². The van der Waals surface area contributed by atoms with Crippen LogP contribution < -0.4 is 4.46 Å². The van der Waals surface area contributed by atoms with E-state index in [0.29, 0.717) is 15.0 Å². The number of aliphatic hydroxyl groups is 1. The van der Waals surface area contributed by atoms with Crippen molar-refractivity contribution in [2.75, 3.05) is 0 Å². The molecule has 0 unspecified atom stereocenters. The van der Waals surface area contributed by atoms with Crippen LogP contribution >= 0.6 is 0 Å². The Kier molecular flexibility index (Phi) is 5.62. The Bertz CT molecular complexity index is 258. The third-order valence-electron chi connectivity index (χ3n) is 1.89. The minimum absolute atomic E-state index is 0.159. The van der Waals surface area contributed by atoms with Crippen LogP contribution in [0, 0.1) is 0 Å². The summed E-state index contributed by atoms with van der Waals surface area (Å²) in [6, 6.07) is 10.4. The molecule has 0 spiro atoms. The first-order valence-electron chi connectivity index (χ1n) is 4.79. The Morgan fingerprint density at radius 2 is 2.07 bits per heavy atom. The first-order valence-corrected chi connectivity index (χ1v) is 6.86. The van der Waals surface area contributed by atoms with Gasteiger partial charge in [0.2, 0.25) is 0 Å². The molecule has 14 heavy (non-hydrogen) atoms. The summed E-state index contributed by atoms with van der Waals surface area (Å²) in [4.78, 5) is 0. The molecule has 0 aliphatic rings. The molecule has 0 bridgehead atoms. The van der Waals surface area contributed by atoms with Crippen LogP contribution in [0.4, 0.5) is 0 Å². The van der Waals surface area contributed by atoms with Gasteiger partial charge in [0.05, 0.1) is 0 Å². The van der Waals surface area contributed by atoms with Gasteiger partial charge in [-0.3, -0.25) is 0 Å².